The molecule has 1 amide bonds. The Hall–Kier alpha value is -3.48. The number of para-hydroxylation sites is 1. The van der Waals surface area contributed by atoms with Crippen LogP contribution >= 0.6 is 0 Å². The van der Waals surface area contributed by atoms with Crippen LogP contribution in [0.2, 0.25) is 0 Å². The first-order valence-corrected chi connectivity index (χ1v) is 11.9. The highest BCUT2D eigenvalue weighted by atomic mass is 16.5. The average molecular weight is 454 g/mol. The lowest BCUT2D eigenvalue weighted by molar-refractivity contribution is -0.116. The maximum atomic E-state index is 13.0. The Bertz CT molecular complexity index is 1320. The van der Waals surface area contributed by atoms with Gasteiger partial charge in [-0.2, -0.15) is 0 Å². The zero-order valence-electron chi connectivity index (χ0n) is 19.2. The third-order valence-corrected chi connectivity index (χ3v) is 7.15. The number of ether oxygens (including phenoxy) is 1. The molecule has 172 valence electrons. The molecule has 3 aromatic carbocycles. The van der Waals surface area contributed by atoms with Gasteiger partial charge in [-0.25, -0.2) is 0 Å². The van der Waals surface area contributed by atoms with Gasteiger partial charge in [0.05, 0.1) is 30.6 Å². The summed E-state index contributed by atoms with van der Waals surface area (Å²) in [6.45, 7) is 7.42. The Morgan fingerprint density at radius 3 is 2.41 bits per heavy atom. The first-order chi connectivity index (χ1) is 16.6. The van der Waals surface area contributed by atoms with Crippen molar-refractivity contribution in [2.45, 2.75) is 13.0 Å². The van der Waals surface area contributed by atoms with Gasteiger partial charge in [-0.3, -0.25) is 19.4 Å². The number of hydrogen-bond acceptors (Lipinski definition) is 5. The van der Waals surface area contributed by atoms with Crippen molar-refractivity contribution in [2.24, 2.45) is 0 Å². The number of anilines is 2. The molecule has 0 saturated carbocycles. The van der Waals surface area contributed by atoms with Gasteiger partial charge in [-0.1, -0.05) is 30.3 Å². The van der Waals surface area contributed by atoms with Gasteiger partial charge in [0.25, 0.3) is 0 Å². The largest absolute Gasteiger partial charge is 0.378 e. The van der Waals surface area contributed by atoms with E-state index in [1.54, 1.807) is 6.07 Å². The Kier molecular flexibility index (Phi) is 5.20. The first-order valence-electron chi connectivity index (χ1n) is 11.9. The summed E-state index contributed by atoms with van der Waals surface area (Å²) in [6, 6.07) is 20.6. The van der Waals surface area contributed by atoms with Crippen LogP contribution in [-0.4, -0.2) is 62.0 Å². The zero-order valence-corrected chi connectivity index (χ0v) is 19.2. The number of piperazine rings is 1. The second kappa shape index (κ2) is 8.38. The van der Waals surface area contributed by atoms with E-state index in [-0.39, 0.29) is 11.7 Å². The van der Waals surface area contributed by atoms with E-state index in [0.29, 0.717) is 23.0 Å². The number of hydrogen-bond donors (Lipinski definition) is 0. The van der Waals surface area contributed by atoms with Gasteiger partial charge in [-0.15, -0.1) is 0 Å². The number of carbonyl (C=O) groups excluding carboxylic acids is 2. The number of benzene rings is 3. The monoisotopic (exact) mass is 453 g/mol. The van der Waals surface area contributed by atoms with E-state index in [1.807, 2.05) is 30.3 Å². The van der Waals surface area contributed by atoms with Crippen LogP contribution in [-0.2, 0) is 9.53 Å². The minimum atomic E-state index is -0.167. The molecule has 0 atom stereocenters. The molecule has 34 heavy (non-hydrogen) atoms. The van der Waals surface area contributed by atoms with E-state index in [1.165, 1.54) is 22.9 Å². The van der Waals surface area contributed by atoms with E-state index in [2.05, 4.69) is 40.1 Å². The number of rotatable bonds is 3. The van der Waals surface area contributed by atoms with Gasteiger partial charge in [-0.05, 0) is 52.7 Å². The molecule has 3 heterocycles. The highest BCUT2D eigenvalue weighted by Gasteiger charge is 2.34. The Balaban J connectivity index is 1.25. The van der Waals surface area contributed by atoms with Crippen LogP contribution in [0.3, 0.4) is 0 Å². The summed E-state index contributed by atoms with van der Waals surface area (Å²) >= 11 is 0. The standard InChI is InChI=1S/C28H27N3O3/c1-19(32)31-26-5-3-2-4-25(26)28(33)27(31)15-20-6-7-22-16-23(9-8-21(22)14-20)29-10-12-30(13-11-29)24-17-34-18-24/h2-9,14-16,24H,10-13,17-18H2,1H3/b27-15-. The summed E-state index contributed by atoms with van der Waals surface area (Å²) < 4.78 is 5.34. The molecule has 0 radical (unpaired) electrons. The quantitative estimate of drug-likeness (QED) is 0.562. The van der Waals surface area contributed by atoms with Crippen molar-refractivity contribution < 1.29 is 14.3 Å². The predicted octanol–water partition coefficient (Wildman–Crippen LogP) is 3.95. The Labute approximate surface area is 199 Å². The van der Waals surface area contributed by atoms with Crippen LogP contribution < -0.4 is 9.80 Å². The Morgan fingerprint density at radius 2 is 1.68 bits per heavy atom. The number of fused-ring (bicyclic) bond motifs is 2. The summed E-state index contributed by atoms with van der Waals surface area (Å²) in [5, 5.41) is 2.28. The van der Waals surface area contributed by atoms with Crippen molar-refractivity contribution in [1.29, 1.82) is 0 Å². The summed E-state index contributed by atoms with van der Waals surface area (Å²) in [4.78, 5) is 31.9. The van der Waals surface area contributed by atoms with Gasteiger partial charge < -0.3 is 9.64 Å². The van der Waals surface area contributed by atoms with E-state index < -0.39 is 0 Å². The fourth-order valence-corrected chi connectivity index (χ4v) is 5.17. The van der Waals surface area contributed by atoms with Gasteiger partial charge in [0.1, 0.15) is 0 Å². The van der Waals surface area contributed by atoms with Crippen molar-refractivity contribution >= 4 is 39.9 Å². The van der Waals surface area contributed by atoms with Gasteiger partial charge in [0.2, 0.25) is 11.7 Å². The highest BCUT2D eigenvalue weighted by molar-refractivity contribution is 6.26. The lowest BCUT2D eigenvalue weighted by Crippen LogP contribution is -2.56. The molecule has 0 aliphatic carbocycles. The van der Waals surface area contributed by atoms with Gasteiger partial charge >= 0.3 is 0 Å². The molecule has 6 nitrogen and oxygen atoms in total. The molecule has 6 rings (SSSR count). The van der Waals surface area contributed by atoms with Gasteiger partial charge in [0.15, 0.2) is 0 Å². The van der Waals surface area contributed by atoms with Crippen LogP contribution in [0.4, 0.5) is 11.4 Å². The highest BCUT2D eigenvalue weighted by Crippen LogP contribution is 2.35. The molecule has 3 aliphatic heterocycles. The number of Topliss-reactive ketones (excluding diaryl/α,β-unsaturated/α-hetero) is 1. The number of amides is 1. The summed E-state index contributed by atoms with van der Waals surface area (Å²) in [7, 11) is 0. The van der Waals surface area contributed by atoms with E-state index in [9.17, 15) is 9.59 Å². The summed E-state index contributed by atoms with van der Waals surface area (Å²) in [5.74, 6) is -0.284. The van der Waals surface area contributed by atoms with E-state index >= 15 is 0 Å². The normalized spacial score (nSPS) is 20.1. The van der Waals surface area contributed by atoms with Crippen molar-refractivity contribution in [1.82, 2.24) is 4.90 Å². The molecular formula is C28H27N3O3. The maximum absolute atomic E-state index is 13.0. The minimum Gasteiger partial charge on any atom is -0.378 e. The molecule has 0 unspecified atom stereocenters. The molecule has 0 N–H and O–H groups in total. The summed E-state index contributed by atoms with van der Waals surface area (Å²) in [5.41, 5.74) is 3.77. The average Bonchev–Trinajstić information content (AvgIpc) is 3.10. The maximum Gasteiger partial charge on any atom is 0.228 e. The molecule has 6 heteroatoms. The van der Waals surface area contributed by atoms with E-state index in [0.717, 1.165) is 50.3 Å². The fraction of sp³-hybridized carbons (Fsp3) is 0.286. The SMILES string of the molecule is CC(=O)N1/C(=C\c2ccc3cc(N4CCN(C5COC5)CC4)ccc3c2)C(=O)c2ccccc21. The predicted molar refractivity (Wildman–Crippen MR) is 134 cm³/mol. The second-order valence-electron chi connectivity index (χ2n) is 9.24. The smallest absolute Gasteiger partial charge is 0.228 e. The molecule has 3 aromatic rings. The van der Waals surface area contributed by atoms with Crippen molar-refractivity contribution in [3.8, 4) is 0 Å². The molecule has 2 saturated heterocycles. The van der Waals surface area contributed by atoms with Crippen LogP contribution in [0.5, 0.6) is 0 Å². The van der Waals surface area contributed by atoms with Crippen LogP contribution in [0.1, 0.15) is 22.8 Å². The van der Waals surface area contributed by atoms with Crippen molar-refractivity contribution in [2.75, 3.05) is 49.2 Å². The number of nitrogens with zero attached hydrogens (tertiary/aromatic N) is 3. The third-order valence-electron chi connectivity index (χ3n) is 7.15. The molecule has 0 bridgehead atoms. The topological polar surface area (TPSA) is 53.1 Å². The minimum absolute atomic E-state index is 0.117. The molecule has 0 spiro atoms. The molecule has 0 aromatic heterocycles. The number of carbonyl (C=O) groups is 2. The molecular weight excluding hydrogens is 426 g/mol. The van der Waals surface area contributed by atoms with Gasteiger partial charge in [0, 0.05) is 44.4 Å². The zero-order chi connectivity index (χ0) is 23.2. The van der Waals surface area contributed by atoms with Crippen molar-refractivity contribution in [3.63, 3.8) is 0 Å². The van der Waals surface area contributed by atoms with E-state index in [4.69, 9.17) is 4.74 Å². The first kappa shape index (κ1) is 21.1. The molecule has 3 aliphatic rings. The molecule has 2 fully saturated rings. The lowest BCUT2D eigenvalue weighted by Gasteiger charge is -2.43. The second-order valence-corrected chi connectivity index (χ2v) is 9.24. The number of allylic oxidation sites excluding steroid dienone is 1. The van der Waals surface area contributed by atoms with Crippen LogP contribution in [0, 0.1) is 0 Å². The third kappa shape index (κ3) is 3.59. The summed E-state index contributed by atoms with van der Waals surface area (Å²) in [6.07, 6.45) is 1.82. The van der Waals surface area contributed by atoms with Crippen molar-refractivity contribution in [3.05, 3.63) is 77.5 Å². The Morgan fingerprint density at radius 1 is 0.941 bits per heavy atom. The number of ketones is 1. The van der Waals surface area contributed by atoms with Crippen LogP contribution in [0.15, 0.2) is 66.4 Å². The fourth-order valence-electron chi connectivity index (χ4n) is 5.17. The lowest BCUT2D eigenvalue weighted by atomic mass is 10.0. The van der Waals surface area contributed by atoms with Crippen LogP contribution in [0.25, 0.3) is 16.8 Å².